The maximum absolute atomic E-state index is 5.83. The summed E-state index contributed by atoms with van der Waals surface area (Å²) in [6, 6.07) is 6.35. The molecule has 1 rings (SSSR count). The summed E-state index contributed by atoms with van der Waals surface area (Å²) in [7, 11) is 0. The fourth-order valence-electron chi connectivity index (χ4n) is 1.91. The highest BCUT2D eigenvalue weighted by Crippen LogP contribution is 2.21. The van der Waals surface area contributed by atoms with E-state index in [0.717, 1.165) is 18.8 Å². The average molecular weight is 295 g/mol. The van der Waals surface area contributed by atoms with Gasteiger partial charge in [0.15, 0.2) is 0 Å². The maximum atomic E-state index is 5.83. The topological polar surface area (TPSA) is 9.23 Å². The summed E-state index contributed by atoms with van der Waals surface area (Å²) in [6.45, 7) is 15.7. The molecule has 1 aromatic rings. The van der Waals surface area contributed by atoms with Gasteiger partial charge in [0.1, 0.15) is 5.75 Å². The van der Waals surface area contributed by atoms with Crippen LogP contribution >= 0.6 is 0 Å². The van der Waals surface area contributed by atoms with Crippen molar-refractivity contribution in [2.24, 2.45) is 0 Å². The van der Waals surface area contributed by atoms with E-state index in [1.54, 1.807) is 0 Å². The van der Waals surface area contributed by atoms with E-state index in [2.05, 4.69) is 52.8 Å². The lowest BCUT2D eigenvalue weighted by Gasteiger charge is -2.11. The van der Waals surface area contributed by atoms with E-state index in [4.69, 9.17) is 4.74 Å². The molecule has 0 saturated carbocycles. The number of aryl methyl sites for hydroxylation is 1. The highest BCUT2D eigenvalue weighted by Gasteiger charge is 2.02. The Morgan fingerprint density at radius 3 is 2.05 bits per heavy atom. The standard InChI is InChI=1S/C15H24O.C3H8.C2H6/c1-4-6-7-8-12-16-15-11-9-10-14(5-2)13(15)3;1-3-2;1-2/h9-11H,4-8,12H2,1-3H3;3H2,1-2H3;1-2H3. The Morgan fingerprint density at radius 2 is 1.52 bits per heavy atom. The molecular weight excluding hydrogens is 256 g/mol. The van der Waals surface area contributed by atoms with E-state index in [-0.39, 0.29) is 0 Å². The molecule has 0 unspecified atom stereocenters. The smallest absolute Gasteiger partial charge is 0.122 e. The minimum atomic E-state index is 0.855. The molecule has 1 aromatic carbocycles. The van der Waals surface area contributed by atoms with Crippen LogP contribution in [0.3, 0.4) is 0 Å². The Bertz CT molecular complexity index is 318. The number of benzene rings is 1. The van der Waals surface area contributed by atoms with E-state index >= 15 is 0 Å². The van der Waals surface area contributed by atoms with E-state index < -0.39 is 0 Å². The number of unbranched alkanes of at least 4 members (excludes halogenated alkanes) is 3. The molecule has 124 valence electrons. The molecule has 0 N–H and O–H groups in total. The lowest BCUT2D eigenvalue weighted by molar-refractivity contribution is 0.303. The van der Waals surface area contributed by atoms with Crippen molar-refractivity contribution >= 4 is 0 Å². The summed E-state index contributed by atoms with van der Waals surface area (Å²) in [5.41, 5.74) is 2.70. The second-order valence-electron chi connectivity index (χ2n) is 5.01. The average Bonchev–Trinajstić information content (AvgIpc) is 2.51. The van der Waals surface area contributed by atoms with E-state index in [9.17, 15) is 0 Å². The van der Waals surface area contributed by atoms with Gasteiger partial charge in [0.05, 0.1) is 6.61 Å². The minimum Gasteiger partial charge on any atom is -0.493 e. The van der Waals surface area contributed by atoms with Crippen LogP contribution in [0.5, 0.6) is 5.75 Å². The van der Waals surface area contributed by atoms with Gasteiger partial charge in [0.25, 0.3) is 0 Å². The molecule has 0 aliphatic heterocycles. The first-order valence-corrected chi connectivity index (χ1v) is 8.92. The van der Waals surface area contributed by atoms with Crippen LogP contribution in [-0.2, 0) is 6.42 Å². The van der Waals surface area contributed by atoms with Gasteiger partial charge >= 0.3 is 0 Å². The Balaban J connectivity index is 0. The van der Waals surface area contributed by atoms with Gasteiger partial charge in [-0.3, -0.25) is 0 Å². The van der Waals surface area contributed by atoms with Crippen molar-refractivity contribution in [3.8, 4) is 5.75 Å². The van der Waals surface area contributed by atoms with Crippen molar-refractivity contribution in [3.05, 3.63) is 29.3 Å². The Hall–Kier alpha value is -0.980. The molecule has 21 heavy (non-hydrogen) atoms. The monoisotopic (exact) mass is 294 g/mol. The van der Waals surface area contributed by atoms with Gasteiger partial charge in [-0.1, -0.05) is 79.4 Å². The maximum Gasteiger partial charge on any atom is 0.122 e. The SMILES string of the molecule is CC.CCC.CCCCCCOc1cccc(CC)c1C. The fraction of sp³-hybridized carbons (Fsp3) is 0.700. The van der Waals surface area contributed by atoms with Crippen molar-refractivity contribution in [3.63, 3.8) is 0 Å². The molecule has 0 atom stereocenters. The van der Waals surface area contributed by atoms with E-state index in [0.29, 0.717) is 0 Å². The zero-order valence-corrected chi connectivity index (χ0v) is 15.6. The molecule has 0 amide bonds. The van der Waals surface area contributed by atoms with Gasteiger partial charge in [-0.2, -0.15) is 0 Å². The van der Waals surface area contributed by atoms with Gasteiger partial charge < -0.3 is 4.74 Å². The van der Waals surface area contributed by atoms with Crippen LogP contribution in [0, 0.1) is 6.92 Å². The summed E-state index contributed by atoms with van der Waals surface area (Å²) in [4.78, 5) is 0. The molecule has 0 aromatic heterocycles. The highest BCUT2D eigenvalue weighted by molar-refractivity contribution is 5.39. The summed E-state index contributed by atoms with van der Waals surface area (Å²) < 4.78 is 5.83. The van der Waals surface area contributed by atoms with E-state index in [1.165, 1.54) is 43.2 Å². The van der Waals surface area contributed by atoms with Gasteiger partial charge in [0, 0.05) is 0 Å². The highest BCUT2D eigenvalue weighted by atomic mass is 16.5. The number of hydrogen-bond donors (Lipinski definition) is 0. The predicted molar refractivity (Wildman–Crippen MR) is 97.5 cm³/mol. The first kappa shape index (κ1) is 22.3. The zero-order valence-electron chi connectivity index (χ0n) is 15.6. The molecule has 0 fully saturated rings. The lowest BCUT2D eigenvalue weighted by Crippen LogP contribution is -2.00. The van der Waals surface area contributed by atoms with Gasteiger partial charge in [-0.05, 0) is 37.0 Å². The second-order valence-corrected chi connectivity index (χ2v) is 5.01. The Morgan fingerprint density at radius 1 is 0.905 bits per heavy atom. The summed E-state index contributed by atoms with van der Waals surface area (Å²) in [5.74, 6) is 1.07. The first-order valence-electron chi connectivity index (χ1n) is 8.92. The van der Waals surface area contributed by atoms with Crippen LogP contribution < -0.4 is 4.74 Å². The van der Waals surface area contributed by atoms with Crippen molar-refractivity contribution in [2.45, 2.75) is 87.0 Å². The van der Waals surface area contributed by atoms with Crippen molar-refractivity contribution in [1.82, 2.24) is 0 Å². The van der Waals surface area contributed by atoms with Crippen LogP contribution in [0.2, 0.25) is 0 Å². The van der Waals surface area contributed by atoms with Crippen LogP contribution in [-0.4, -0.2) is 6.61 Å². The van der Waals surface area contributed by atoms with Crippen molar-refractivity contribution in [2.75, 3.05) is 6.61 Å². The predicted octanol–water partition coefficient (Wildman–Crippen LogP) is 6.96. The third-order valence-corrected chi connectivity index (χ3v) is 3.03. The number of hydrogen-bond acceptors (Lipinski definition) is 1. The van der Waals surface area contributed by atoms with Crippen LogP contribution in [0.25, 0.3) is 0 Å². The molecule has 0 spiro atoms. The van der Waals surface area contributed by atoms with Gasteiger partial charge in [0.2, 0.25) is 0 Å². The third-order valence-electron chi connectivity index (χ3n) is 3.03. The summed E-state index contributed by atoms with van der Waals surface area (Å²) in [6.07, 6.45) is 7.38. The molecule has 0 saturated heterocycles. The zero-order chi connectivity index (χ0) is 16.5. The van der Waals surface area contributed by atoms with E-state index in [1.807, 2.05) is 13.8 Å². The fourth-order valence-corrected chi connectivity index (χ4v) is 1.91. The molecular formula is C20H38O. The molecule has 0 aliphatic carbocycles. The normalized spacial score (nSPS) is 9.10. The van der Waals surface area contributed by atoms with Crippen LogP contribution in [0.4, 0.5) is 0 Å². The third kappa shape index (κ3) is 11.4. The van der Waals surface area contributed by atoms with Crippen LogP contribution in [0.1, 0.15) is 84.8 Å². The number of ether oxygens (including phenoxy) is 1. The molecule has 0 aliphatic rings. The number of rotatable bonds is 7. The summed E-state index contributed by atoms with van der Waals surface area (Å²) in [5, 5.41) is 0. The molecule has 1 nitrogen and oxygen atoms in total. The quantitative estimate of drug-likeness (QED) is 0.494. The van der Waals surface area contributed by atoms with Crippen molar-refractivity contribution in [1.29, 1.82) is 0 Å². The molecule has 0 radical (unpaired) electrons. The van der Waals surface area contributed by atoms with Gasteiger partial charge in [-0.25, -0.2) is 0 Å². The Kier molecular flexibility index (Phi) is 18.1. The summed E-state index contributed by atoms with van der Waals surface area (Å²) >= 11 is 0. The Labute approximate surface area is 134 Å². The minimum absolute atomic E-state index is 0.855. The molecule has 1 heteroatoms. The lowest BCUT2D eigenvalue weighted by atomic mass is 10.1. The second kappa shape index (κ2) is 17.1. The largest absolute Gasteiger partial charge is 0.493 e. The molecule has 0 heterocycles. The van der Waals surface area contributed by atoms with Crippen LogP contribution in [0.15, 0.2) is 18.2 Å². The van der Waals surface area contributed by atoms with Gasteiger partial charge in [-0.15, -0.1) is 0 Å². The van der Waals surface area contributed by atoms with Crippen molar-refractivity contribution < 1.29 is 4.74 Å². The molecule has 0 bridgehead atoms. The first-order chi connectivity index (χ1) is 10.2.